The van der Waals surface area contributed by atoms with Crippen LogP contribution in [-0.2, 0) is 10.6 Å². The summed E-state index contributed by atoms with van der Waals surface area (Å²) < 4.78 is 5.04. The monoisotopic (exact) mass is 213 g/mol. The van der Waals surface area contributed by atoms with Crippen LogP contribution in [0.15, 0.2) is 24.3 Å². The smallest absolute Gasteiger partial charge is 0.0661 e. The van der Waals surface area contributed by atoms with Crippen LogP contribution in [0.2, 0.25) is 0 Å². The van der Waals surface area contributed by atoms with Gasteiger partial charge in [-0.25, -0.2) is 0 Å². The molecule has 0 aliphatic carbocycles. The number of halogens is 1. The van der Waals surface area contributed by atoms with E-state index in [1.165, 1.54) is 0 Å². The van der Waals surface area contributed by atoms with Crippen LogP contribution < -0.4 is 5.32 Å². The lowest BCUT2D eigenvalue weighted by molar-refractivity contribution is 0.190. The lowest BCUT2D eigenvalue weighted by Gasteiger charge is -2.14. The minimum Gasteiger partial charge on any atom is -0.383 e. The van der Waals surface area contributed by atoms with E-state index in [9.17, 15) is 0 Å². The Morgan fingerprint density at radius 2 is 2.00 bits per heavy atom. The van der Waals surface area contributed by atoms with Gasteiger partial charge in [0.2, 0.25) is 0 Å². The van der Waals surface area contributed by atoms with E-state index in [4.69, 9.17) is 16.3 Å². The number of hydrogen-bond acceptors (Lipinski definition) is 2. The third kappa shape index (κ3) is 3.56. The van der Waals surface area contributed by atoms with E-state index in [1.54, 1.807) is 7.11 Å². The molecule has 1 aromatic rings. The fourth-order valence-corrected chi connectivity index (χ4v) is 1.44. The third-order valence-corrected chi connectivity index (χ3v) is 2.25. The zero-order valence-corrected chi connectivity index (χ0v) is 9.34. The van der Waals surface area contributed by atoms with Crippen molar-refractivity contribution < 1.29 is 4.74 Å². The third-order valence-electron chi connectivity index (χ3n) is 1.94. The summed E-state index contributed by atoms with van der Waals surface area (Å²) in [5.41, 5.74) is 2.24. The first-order valence-electron chi connectivity index (χ1n) is 4.66. The van der Waals surface area contributed by atoms with Crippen molar-refractivity contribution in [1.29, 1.82) is 0 Å². The number of alkyl halides is 1. The van der Waals surface area contributed by atoms with E-state index in [0.29, 0.717) is 18.5 Å². The highest BCUT2D eigenvalue weighted by molar-refractivity contribution is 6.17. The zero-order chi connectivity index (χ0) is 10.4. The fourth-order valence-electron chi connectivity index (χ4n) is 1.27. The molecule has 78 valence electrons. The van der Waals surface area contributed by atoms with Crippen molar-refractivity contribution in [3.63, 3.8) is 0 Å². The summed E-state index contributed by atoms with van der Waals surface area (Å²) in [7, 11) is 1.70. The van der Waals surface area contributed by atoms with E-state index >= 15 is 0 Å². The molecule has 0 aliphatic heterocycles. The molecule has 0 aromatic heterocycles. The van der Waals surface area contributed by atoms with Crippen LogP contribution >= 0.6 is 11.6 Å². The molecule has 14 heavy (non-hydrogen) atoms. The highest BCUT2D eigenvalue weighted by Gasteiger charge is 2.00. The maximum absolute atomic E-state index is 5.69. The Morgan fingerprint density at radius 1 is 1.36 bits per heavy atom. The molecule has 0 aliphatic rings. The number of nitrogens with one attached hydrogen (secondary N) is 1. The van der Waals surface area contributed by atoms with Crippen LogP contribution in [0.25, 0.3) is 0 Å². The van der Waals surface area contributed by atoms with Crippen molar-refractivity contribution in [2.24, 2.45) is 0 Å². The average molecular weight is 214 g/mol. The van der Waals surface area contributed by atoms with Gasteiger partial charge in [-0.05, 0) is 24.6 Å². The van der Waals surface area contributed by atoms with E-state index in [1.807, 2.05) is 24.3 Å². The summed E-state index contributed by atoms with van der Waals surface area (Å²) in [6.45, 7) is 2.79. The number of benzene rings is 1. The van der Waals surface area contributed by atoms with Crippen LogP contribution in [0, 0.1) is 0 Å². The Kier molecular flexibility index (Phi) is 4.77. The predicted molar refractivity (Wildman–Crippen MR) is 61.0 cm³/mol. The predicted octanol–water partition coefficient (Wildman–Crippen LogP) is 2.87. The molecular weight excluding hydrogens is 198 g/mol. The standard InChI is InChI=1S/C11H16ClNO/c1-9(8-14-2)13-11-5-3-10(7-12)4-6-11/h3-6,9,13H,7-8H2,1-2H3. The van der Waals surface area contributed by atoms with Crippen molar-refractivity contribution in [2.45, 2.75) is 18.8 Å². The van der Waals surface area contributed by atoms with E-state index < -0.39 is 0 Å². The number of ether oxygens (including phenoxy) is 1. The zero-order valence-electron chi connectivity index (χ0n) is 8.59. The van der Waals surface area contributed by atoms with E-state index in [-0.39, 0.29) is 0 Å². The van der Waals surface area contributed by atoms with Crippen LogP contribution in [0.1, 0.15) is 12.5 Å². The van der Waals surface area contributed by atoms with Gasteiger partial charge in [-0.3, -0.25) is 0 Å². The van der Waals surface area contributed by atoms with Crippen LogP contribution in [-0.4, -0.2) is 19.8 Å². The van der Waals surface area contributed by atoms with Gasteiger partial charge in [-0.1, -0.05) is 12.1 Å². The van der Waals surface area contributed by atoms with Gasteiger partial charge in [0.15, 0.2) is 0 Å². The lowest BCUT2D eigenvalue weighted by Crippen LogP contribution is -2.20. The number of anilines is 1. The first kappa shape index (κ1) is 11.3. The highest BCUT2D eigenvalue weighted by Crippen LogP contribution is 2.12. The summed E-state index contributed by atoms with van der Waals surface area (Å²) >= 11 is 5.69. The second kappa shape index (κ2) is 5.89. The van der Waals surface area contributed by atoms with Gasteiger partial charge in [0.25, 0.3) is 0 Å². The van der Waals surface area contributed by atoms with Crippen molar-refractivity contribution in [1.82, 2.24) is 0 Å². The second-order valence-electron chi connectivity index (χ2n) is 3.33. The summed E-state index contributed by atoms with van der Waals surface area (Å²) in [5.74, 6) is 0.563. The van der Waals surface area contributed by atoms with Gasteiger partial charge < -0.3 is 10.1 Å². The number of methoxy groups -OCH3 is 1. The Bertz CT molecular complexity index is 260. The van der Waals surface area contributed by atoms with Crippen LogP contribution in [0.3, 0.4) is 0 Å². The molecule has 0 amide bonds. The summed E-state index contributed by atoms with van der Waals surface area (Å²) in [5, 5.41) is 3.33. The van der Waals surface area contributed by atoms with Gasteiger partial charge in [-0.15, -0.1) is 11.6 Å². The topological polar surface area (TPSA) is 21.3 Å². The normalized spacial score (nSPS) is 12.5. The molecule has 0 radical (unpaired) electrons. The van der Waals surface area contributed by atoms with Gasteiger partial charge in [0.1, 0.15) is 0 Å². The largest absolute Gasteiger partial charge is 0.383 e. The minimum absolute atomic E-state index is 0.321. The highest BCUT2D eigenvalue weighted by atomic mass is 35.5. The Morgan fingerprint density at radius 3 is 2.50 bits per heavy atom. The van der Waals surface area contributed by atoms with E-state index in [0.717, 1.165) is 11.3 Å². The first-order chi connectivity index (χ1) is 6.76. The molecule has 1 aromatic carbocycles. The van der Waals surface area contributed by atoms with Gasteiger partial charge in [-0.2, -0.15) is 0 Å². The number of hydrogen-bond donors (Lipinski definition) is 1. The molecule has 0 saturated carbocycles. The van der Waals surface area contributed by atoms with Gasteiger partial charge in [0, 0.05) is 24.7 Å². The molecule has 0 spiro atoms. The molecule has 0 saturated heterocycles. The maximum Gasteiger partial charge on any atom is 0.0661 e. The fraction of sp³-hybridized carbons (Fsp3) is 0.455. The number of rotatable bonds is 5. The molecule has 1 rings (SSSR count). The molecule has 2 nitrogen and oxygen atoms in total. The van der Waals surface area contributed by atoms with Crippen molar-refractivity contribution in [2.75, 3.05) is 19.0 Å². The molecule has 0 fully saturated rings. The Hall–Kier alpha value is -0.730. The van der Waals surface area contributed by atoms with Crippen LogP contribution in [0.5, 0.6) is 0 Å². The molecule has 0 heterocycles. The molecule has 1 atom stereocenters. The molecule has 3 heteroatoms. The maximum atomic E-state index is 5.69. The summed E-state index contributed by atoms with van der Waals surface area (Å²) in [4.78, 5) is 0. The van der Waals surface area contributed by atoms with Crippen molar-refractivity contribution in [3.8, 4) is 0 Å². The molecule has 1 N–H and O–H groups in total. The minimum atomic E-state index is 0.321. The molecular formula is C11H16ClNO. The van der Waals surface area contributed by atoms with Crippen LogP contribution in [0.4, 0.5) is 5.69 Å². The van der Waals surface area contributed by atoms with Crippen molar-refractivity contribution >= 4 is 17.3 Å². The van der Waals surface area contributed by atoms with Crippen molar-refractivity contribution in [3.05, 3.63) is 29.8 Å². The van der Waals surface area contributed by atoms with Gasteiger partial charge in [0.05, 0.1) is 6.61 Å². The Labute approximate surface area is 90.2 Å². The molecule has 0 bridgehead atoms. The van der Waals surface area contributed by atoms with E-state index in [2.05, 4.69) is 12.2 Å². The Balaban J connectivity index is 2.50. The van der Waals surface area contributed by atoms with Gasteiger partial charge >= 0.3 is 0 Å². The first-order valence-corrected chi connectivity index (χ1v) is 5.20. The molecule has 1 unspecified atom stereocenters. The summed E-state index contributed by atoms with van der Waals surface area (Å²) in [6.07, 6.45) is 0. The quantitative estimate of drug-likeness (QED) is 0.760. The SMILES string of the molecule is COCC(C)Nc1ccc(CCl)cc1. The second-order valence-corrected chi connectivity index (χ2v) is 3.60. The average Bonchev–Trinajstić information content (AvgIpc) is 2.19. The summed E-state index contributed by atoms with van der Waals surface area (Å²) in [6, 6.07) is 8.43. The lowest BCUT2D eigenvalue weighted by atomic mass is 10.2.